The average Bonchev–Trinajstić information content (AvgIpc) is 2.33. The zero-order chi connectivity index (χ0) is 12.7. The maximum atomic E-state index is 12.1. The zero-order valence-corrected chi connectivity index (χ0v) is 12.4. The number of ketones is 1. The van der Waals surface area contributed by atoms with E-state index in [-0.39, 0.29) is 10.6 Å². The Morgan fingerprint density at radius 1 is 1.35 bits per heavy atom. The molecule has 1 aromatic rings. The number of Topliss-reactive ketones (excluding diaryl/α,β-unsaturated/α-hetero) is 1. The van der Waals surface area contributed by atoms with Gasteiger partial charge >= 0.3 is 0 Å². The molecule has 1 aromatic carbocycles. The number of hydrogen-bond acceptors (Lipinski definition) is 1. The van der Waals surface area contributed by atoms with Crippen molar-refractivity contribution in [3.8, 4) is 0 Å². The fraction of sp³-hybridized carbons (Fsp3) is 0.500. The summed E-state index contributed by atoms with van der Waals surface area (Å²) in [5.74, 6) is 0.129. The quantitative estimate of drug-likeness (QED) is 0.381. The van der Waals surface area contributed by atoms with Gasteiger partial charge in [0.1, 0.15) is 0 Å². The fourth-order valence-electron chi connectivity index (χ4n) is 1.70. The van der Waals surface area contributed by atoms with Gasteiger partial charge in [-0.1, -0.05) is 72.3 Å². The summed E-state index contributed by atoms with van der Waals surface area (Å²) in [5.41, 5.74) is 0.690. The molecular formula is C14H18BrClO. The zero-order valence-electron chi connectivity index (χ0n) is 10.1. The molecule has 0 fully saturated rings. The molecule has 3 heteroatoms. The second-order valence-corrected chi connectivity index (χ2v) is 5.73. The monoisotopic (exact) mass is 316 g/mol. The number of carbonyl (C=O) groups is 1. The number of hydrogen-bond donors (Lipinski definition) is 0. The first-order valence-electron chi connectivity index (χ1n) is 6.09. The molecule has 94 valence electrons. The Labute approximate surface area is 117 Å². The number of unbranched alkanes of at least 4 members (excludes halogenated alkanes) is 3. The number of halogens is 2. The van der Waals surface area contributed by atoms with Gasteiger partial charge in [0, 0.05) is 10.6 Å². The van der Waals surface area contributed by atoms with Crippen molar-refractivity contribution in [2.45, 2.75) is 43.9 Å². The molecule has 0 aliphatic heterocycles. The molecule has 0 spiro atoms. The molecule has 1 rings (SSSR count). The summed E-state index contributed by atoms with van der Waals surface area (Å²) >= 11 is 9.34. The van der Waals surface area contributed by atoms with Crippen LogP contribution in [0.25, 0.3) is 0 Å². The molecule has 0 amide bonds. The molecular weight excluding hydrogens is 300 g/mol. The maximum absolute atomic E-state index is 12.1. The molecule has 0 aliphatic carbocycles. The van der Waals surface area contributed by atoms with E-state index in [1.807, 2.05) is 12.1 Å². The van der Waals surface area contributed by atoms with Crippen LogP contribution in [-0.4, -0.2) is 10.6 Å². The van der Waals surface area contributed by atoms with Crippen LogP contribution in [0.2, 0.25) is 5.02 Å². The summed E-state index contributed by atoms with van der Waals surface area (Å²) in [5, 5.41) is 0.613. The van der Waals surface area contributed by atoms with Gasteiger partial charge in [-0.25, -0.2) is 0 Å². The van der Waals surface area contributed by atoms with Crippen LogP contribution in [0, 0.1) is 0 Å². The standard InChI is InChI=1S/C14H18BrClO/c1-2-3-4-5-9-13(15)14(17)11-7-6-8-12(16)10-11/h6-8,10,13H,2-5,9H2,1H3. The first-order chi connectivity index (χ1) is 8.15. The largest absolute Gasteiger partial charge is 0.293 e. The van der Waals surface area contributed by atoms with E-state index in [1.54, 1.807) is 12.1 Å². The lowest BCUT2D eigenvalue weighted by molar-refractivity contribution is 0.0988. The van der Waals surface area contributed by atoms with E-state index < -0.39 is 0 Å². The van der Waals surface area contributed by atoms with Crippen molar-refractivity contribution in [1.82, 2.24) is 0 Å². The summed E-state index contributed by atoms with van der Waals surface area (Å²) < 4.78 is 0. The first-order valence-corrected chi connectivity index (χ1v) is 7.38. The number of benzene rings is 1. The van der Waals surface area contributed by atoms with E-state index in [2.05, 4.69) is 22.9 Å². The van der Waals surface area contributed by atoms with E-state index in [1.165, 1.54) is 19.3 Å². The fourth-order valence-corrected chi connectivity index (χ4v) is 2.48. The summed E-state index contributed by atoms with van der Waals surface area (Å²) in [6, 6.07) is 7.13. The lowest BCUT2D eigenvalue weighted by Crippen LogP contribution is -2.14. The van der Waals surface area contributed by atoms with Gasteiger partial charge in [-0.2, -0.15) is 0 Å². The summed E-state index contributed by atoms with van der Waals surface area (Å²) in [6.07, 6.45) is 5.64. The van der Waals surface area contributed by atoms with Crippen LogP contribution in [0.5, 0.6) is 0 Å². The summed E-state index contributed by atoms with van der Waals surface area (Å²) in [4.78, 5) is 12.0. The number of carbonyl (C=O) groups excluding carboxylic acids is 1. The van der Waals surface area contributed by atoms with Crippen molar-refractivity contribution >= 4 is 33.3 Å². The molecule has 0 aromatic heterocycles. The molecule has 0 bridgehead atoms. The highest BCUT2D eigenvalue weighted by Gasteiger charge is 2.16. The Kier molecular flexibility index (Phi) is 6.83. The van der Waals surface area contributed by atoms with Crippen LogP contribution < -0.4 is 0 Å². The van der Waals surface area contributed by atoms with Crippen LogP contribution in [0.1, 0.15) is 49.4 Å². The Hall–Kier alpha value is -0.340. The van der Waals surface area contributed by atoms with Crippen molar-refractivity contribution in [2.75, 3.05) is 0 Å². The molecule has 0 heterocycles. The van der Waals surface area contributed by atoms with Gasteiger partial charge in [0.15, 0.2) is 5.78 Å². The molecule has 0 saturated carbocycles. The Morgan fingerprint density at radius 2 is 2.12 bits per heavy atom. The Balaban J connectivity index is 2.46. The topological polar surface area (TPSA) is 17.1 Å². The minimum Gasteiger partial charge on any atom is -0.293 e. The van der Waals surface area contributed by atoms with Crippen LogP contribution in [0.4, 0.5) is 0 Å². The van der Waals surface area contributed by atoms with Gasteiger partial charge in [-0.3, -0.25) is 4.79 Å². The molecule has 0 N–H and O–H groups in total. The van der Waals surface area contributed by atoms with Gasteiger partial charge in [0.05, 0.1) is 4.83 Å². The smallest absolute Gasteiger partial charge is 0.176 e. The predicted molar refractivity (Wildman–Crippen MR) is 77.3 cm³/mol. The maximum Gasteiger partial charge on any atom is 0.176 e. The van der Waals surface area contributed by atoms with E-state index in [9.17, 15) is 4.79 Å². The first kappa shape index (κ1) is 14.7. The molecule has 1 unspecified atom stereocenters. The molecule has 0 radical (unpaired) electrons. The summed E-state index contributed by atoms with van der Waals surface area (Å²) in [6.45, 7) is 2.18. The second-order valence-electron chi connectivity index (χ2n) is 4.19. The molecule has 1 nitrogen and oxygen atoms in total. The van der Waals surface area contributed by atoms with Gasteiger partial charge < -0.3 is 0 Å². The highest BCUT2D eigenvalue weighted by molar-refractivity contribution is 9.10. The van der Waals surface area contributed by atoms with Crippen LogP contribution >= 0.6 is 27.5 Å². The van der Waals surface area contributed by atoms with Crippen molar-refractivity contribution in [3.63, 3.8) is 0 Å². The van der Waals surface area contributed by atoms with Crippen molar-refractivity contribution in [3.05, 3.63) is 34.9 Å². The van der Waals surface area contributed by atoms with Crippen LogP contribution in [-0.2, 0) is 0 Å². The van der Waals surface area contributed by atoms with Crippen LogP contribution in [0.15, 0.2) is 24.3 Å². The van der Waals surface area contributed by atoms with E-state index >= 15 is 0 Å². The van der Waals surface area contributed by atoms with Gasteiger partial charge in [-0.05, 0) is 18.6 Å². The molecule has 17 heavy (non-hydrogen) atoms. The molecule has 1 atom stereocenters. The lowest BCUT2D eigenvalue weighted by Gasteiger charge is -2.08. The van der Waals surface area contributed by atoms with Crippen molar-refractivity contribution in [1.29, 1.82) is 0 Å². The number of alkyl halides is 1. The van der Waals surface area contributed by atoms with Gasteiger partial charge in [0.25, 0.3) is 0 Å². The number of rotatable bonds is 7. The van der Waals surface area contributed by atoms with Crippen molar-refractivity contribution in [2.24, 2.45) is 0 Å². The van der Waals surface area contributed by atoms with Gasteiger partial charge in [-0.15, -0.1) is 0 Å². The SMILES string of the molecule is CCCCCCC(Br)C(=O)c1cccc(Cl)c1. The predicted octanol–water partition coefficient (Wildman–Crippen LogP) is 5.26. The van der Waals surface area contributed by atoms with E-state index in [0.717, 1.165) is 12.8 Å². The normalized spacial score (nSPS) is 12.4. The average molecular weight is 318 g/mol. The minimum absolute atomic E-state index is 0.0853. The van der Waals surface area contributed by atoms with Crippen molar-refractivity contribution < 1.29 is 4.79 Å². The van der Waals surface area contributed by atoms with E-state index in [0.29, 0.717) is 10.6 Å². The van der Waals surface area contributed by atoms with Gasteiger partial charge in [0.2, 0.25) is 0 Å². The highest BCUT2D eigenvalue weighted by Crippen LogP contribution is 2.19. The third-order valence-electron chi connectivity index (χ3n) is 2.70. The van der Waals surface area contributed by atoms with Crippen LogP contribution in [0.3, 0.4) is 0 Å². The highest BCUT2D eigenvalue weighted by atomic mass is 79.9. The third-order valence-corrected chi connectivity index (χ3v) is 3.81. The Morgan fingerprint density at radius 3 is 2.76 bits per heavy atom. The molecule has 0 saturated heterocycles. The molecule has 0 aliphatic rings. The third kappa shape index (κ3) is 5.22. The summed E-state index contributed by atoms with van der Waals surface area (Å²) in [7, 11) is 0. The minimum atomic E-state index is -0.0853. The lowest BCUT2D eigenvalue weighted by atomic mass is 10.0. The Bertz CT molecular complexity index is 365. The second kappa shape index (κ2) is 7.88. The van der Waals surface area contributed by atoms with E-state index in [4.69, 9.17) is 11.6 Å².